The van der Waals surface area contributed by atoms with E-state index in [2.05, 4.69) is 20.6 Å². The number of imidazole rings is 1. The van der Waals surface area contributed by atoms with Gasteiger partial charge in [-0.2, -0.15) is 0 Å². The molecule has 7 heteroatoms. The Balaban J connectivity index is 1.37. The summed E-state index contributed by atoms with van der Waals surface area (Å²) in [6.45, 7) is 0.363. The molecular formula is C21H22N4O3. The van der Waals surface area contributed by atoms with Crippen LogP contribution in [0.25, 0.3) is 17.1 Å². The molecule has 2 aromatic carbocycles. The molecule has 0 radical (unpaired) electrons. The van der Waals surface area contributed by atoms with Crippen LogP contribution >= 0.6 is 0 Å². The van der Waals surface area contributed by atoms with E-state index in [1.807, 2.05) is 48.5 Å². The van der Waals surface area contributed by atoms with Gasteiger partial charge in [-0.25, -0.2) is 4.98 Å². The molecule has 3 aromatic rings. The van der Waals surface area contributed by atoms with Gasteiger partial charge in [0.15, 0.2) is 0 Å². The molecule has 0 bridgehead atoms. The van der Waals surface area contributed by atoms with E-state index in [-0.39, 0.29) is 18.4 Å². The molecule has 28 heavy (non-hydrogen) atoms. The van der Waals surface area contributed by atoms with E-state index in [0.717, 1.165) is 28.2 Å². The second-order valence-electron chi connectivity index (χ2n) is 6.12. The maximum absolute atomic E-state index is 11.9. The van der Waals surface area contributed by atoms with Gasteiger partial charge in [0, 0.05) is 19.0 Å². The van der Waals surface area contributed by atoms with Crippen molar-refractivity contribution in [3.8, 4) is 5.75 Å². The molecule has 7 nitrogen and oxygen atoms in total. The number of nitrogens with zero attached hydrogens (tertiary/aromatic N) is 1. The number of ether oxygens (including phenoxy) is 1. The SMILES string of the molecule is COc1ccc(C=CC(=O)NCC(=O)NCCc2nc3ccccc3[nH]2)cc1. The summed E-state index contributed by atoms with van der Waals surface area (Å²) in [4.78, 5) is 31.3. The third-order valence-corrected chi connectivity index (χ3v) is 4.09. The molecule has 0 unspecified atom stereocenters. The van der Waals surface area contributed by atoms with E-state index < -0.39 is 0 Å². The standard InChI is InChI=1S/C21H22N4O3/c1-28-16-9-6-15(7-10-16)8-11-20(26)23-14-21(27)22-13-12-19-24-17-4-2-3-5-18(17)25-19/h2-11H,12-14H2,1H3,(H,22,27)(H,23,26)(H,24,25). The Bertz CT molecular complexity index is 944. The summed E-state index contributed by atoms with van der Waals surface area (Å²) in [5, 5.41) is 5.33. The number of benzene rings is 2. The first kappa shape index (κ1) is 19.2. The lowest BCUT2D eigenvalue weighted by molar-refractivity contribution is -0.123. The number of fused-ring (bicyclic) bond motifs is 1. The summed E-state index contributed by atoms with van der Waals surface area (Å²) in [6, 6.07) is 15.1. The second kappa shape index (κ2) is 9.36. The minimum Gasteiger partial charge on any atom is -0.497 e. The second-order valence-corrected chi connectivity index (χ2v) is 6.12. The summed E-state index contributed by atoms with van der Waals surface area (Å²) in [5.74, 6) is 0.986. The van der Waals surface area contributed by atoms with E-state index in [1.54, 1.807) is 13.2 Å². The van der Waals surface area contributed by atoms with Crippen molar-refractivity contribution in [2.45, 2.75) is 6.42 Å². The van der Waals surface area contributed by atoms with Crippen LogP contribution in [0.5, 0.6) is 5.75 Å². The monoisotopic (exact) mass is 378 g/mol. The minimum atomic E-state index is -0.330. The molecule has 0 aliphatic rings. The minimum absolute atomic E-state index is 0.0775. The van der Waals surface area contributed by atoms with Gasteiger partial charge in [-0.05, 0) is 35.9 Å². The van der Waals surface area contributed by atoms with Gasteiger partial charge in [0.2, 0.25) is 11.8 Å². The first-order valence-electron chi connectivity index (χ1n) is 8.94. The Morgan fingerprint density at radius 3 is 2.64 bits per heavy atom. The average molecular weight is 378 g/mol. The van der Waals surface area contributed by atoms with E-state index in [9.17, 15) is 9.59 Å². The van der Waals surface area contributed by atoms with E-state index >= 15 is 0 Å². The quantitative estimate of drug-likeness (QED) is 0.523. The number of carbonyl (C=O) groups is 2. The van der Waals surface area contributed by atoms with Crippen LogP contribution < -0.4 is 15.4 Å². The summed E-state index contributed by atoms with van der Waals surface area (Å²) in [7, 11) is 1.60. The number of amides is 2. The van der Waals surface area contributed by atoms with Crippen molar-refractivity contribution in [3.05, 3.63) is 66.0 Å². The number of para-hydroxylation sites is 2. The highest BCUT2D eigenvalue weighted by molar-refractivity contribution is 5.94. The third-order valence-electron chi connectivity index (χ3n) is 4.09. The molecular weight excluding hydrogens is 356 g/mol. The average Bonchev–Trinajstić information content (AvgIpc) is 3.14. The molecule has 3 rings (SSSR count). The molecule has 0 atom stereocenters. The van der Waals surface area contributed by atoms with Crippen LogP contribution in [0.15, 0.2) is 54.6 Å². The van der Waals surface area contributed by atoms with Gasteiger partial charge >= 0.3 is 0 Å². The van der Waals surface area contributed by atoms with Crippen molar-refractivity contribution in [1.82, 2.24) is 20.6 Å². The number of hydrogen-bond acceptors (Lipinski definition) is 4. The largest absolute Gasteiger partial charge is 0.497 e. The third kappa shape index (κ3) is 5.44. The number of rotatable bonds is 8. The molecule has 0 saturated heterocycles. The highest BCUT2D eigenvalue weighted by Crippen LogP contribution is 2.12. The first-order valence-corrected chi connectivity index (χ1v) is 8.94. The van der Waals surface area contributed by atoms with Crippen molar-refractivity contribution in [2.75, 3.05) is 20.2 Å². The fourth-order valence-electron chi connectivity index (χ4n) is 2.62. The summed E-state index contributed by atoms with van der Waals surface area (Å²) < 4.78 is 5.08. The number of nitrogens with one attached hydrogen (secondary N) is 3. The predicted molar refractivity (Wildman–Crippen MR) is 108 cm³/mol. The van der Waals surface area contributed by atoms with Crippen molar-refractivity contribution in [2.24, 2.45) is 0 Å². The van der Waals surface area contributed by atoms with Gasteiger partial charge in [-0.1, -0.05) is 24.3 Å². The van der Waals surface area contributed by atoms with E-state index in [0.29, 0.717) is 13.0 Å². The van der Waals surface area contributed by atoms with Crippen molar-refractivity contribution >= 4 is 28.9 Å². The Hall–Kier alpha value is -3.61. The molecule has 0 spiro atoms. The lowest BCUT2D eigenvalue weighted by Crippen LogP contribution is -2.37. The highest BCUT2D eigenvalue weighted by Gasteiger charge is 2.05. The van der Waals surface area contributed by atoms with E-state index in [1.165, 1.54) is 6.08 Å². The number of aromatic nitrogens is 2. The molecule has 0 saturated carbocycles. The molecule has 2 amide bonds. The van der Waals surface area contributed by atoms with Crippen LogP contribution in [0.4, 0.5) is 0 Å². The van der Waals surface area contributed by atoms with Crippen LogP contribution in [0.1, 0.15) is 11.4 Å². The lowest BCUT2D eigenvalue weighted by Gasteiger charge is -2.04. The molecule has 0 fully saturated rings. The van der Waals surface area contributed by atoms with Gasteiger partial charge in [0.1, 0.15) is 11.6 Å². The summed E-state index contributed by atoms with van der Waals surface area (Å²) >= 11 is 0. The number of carbonyl (C=O) groups excluding carboxylic acids is 2. The molecule has 144 valence electrons. The first-order chi connectivity index (χ1) is 13.6. The Morgan fingerprint density at radius 1 is 1.11 bits per heavy atom. The number of H-pyrrole nitrogens is 1. The fraction of sp³-hybridized carbons (Fsp3) is 0.190. The van der Waals surface area contributed by atoms with Crippen LogP contribution in [-0.4, -0.2) is 42.0 Å². The zero-order valence-corrected chi connectivity index (χ0v) is 15.6. The van der Waals surface area contributed by atoms with Crippen molar-refractivity contribution < 1.29 is 14.3 Å². The van der Waals surface area contributed by atoms with Crippen LogP contribution in [-0.2, 0) is 16.0 Å². The number of aromatic amines is 1. The predicted octanol–water partition coefficient (Wildman–Crippen LogP) is 2.06. The molecule has 0 aliphatic heterocycles. The summed E-state index contributed by atoms with van der Waals surface area (Å²) in [5.41, 5.74) is 2.74. The number of hydrogen-bond donors (Lipinski definition) is 3. The Morgan fingerprint density at radius 2 is 1.89 bits per heavy atom. The molecule has 1 heterocycles. The normalized spacial score (nSPS) is 10.9. The van der Waals surface area contributed by atoms with Gasteiger partial charge in [-0.3, -0.25) is 9.59 Å². The van der Waals surface area contributed by atoms with Gasteiger partial charge in [-0.15, -0.1) is 0 Å². The molecule has 0 aliphatic carbocycles. The maximum atomic E-state index is 11.9. The van der Waals surface area contributed by atoms with Gasteiger partial charge in [0.25, 0.3) is 0 Å². The van der Waals surface area contributed by atoms with Gasteiger partial charge < -0.3 is 20.4 Å². The van der Waals surface area contributed by atoms with Crippen LogP contribution in [0.2, 0.25) is 0 Å². The number of methoxy groups -OCH3 is 1. The Kier molecular flexibility index (Phi) is 6.41. The van der Waals surface area contributed by atoms with Crippen LogP contribution in [0, 0.1) is 0 Å². The Labute approximate surface area is 162 Å². The summed E-state index contributed by atoms with van der Waals surface area (Å²) in [6.07, 6.45) is 3.66. The maximum Gasteiger partial charge on any atom is 0.244 e. The lowest BCUT2D eigenvalue weighted by atomic mass is 10.2. The van der Waals surface area contributed by atoms with Crippen molar-refractivity contribution in [3.63, 3.8) is 0 Å². The molecule has 3 N–H and O–H groups in total. The fourth-order valence-corrected chi connectivity index (χ4v) is 2.62. The van der Waals surface area contributed by atoms with E-state index in [4.69, 9.17) is 4.74 Å². The smallest absolute Gasteiger partial charge is 0.244 e. The topological polar surface area (TPSA) is 96.1 Å². The molecule has 1 aromatic heterocycles. The highest BCUT2D eigenvalue weighted by atomic mass is 16.5. The van der Waals surface area contributed by atoms with Crippen LogP contribution in [0.3, 0.4) is 0 Å². The van der Waals surface area contributed by atoms with Crippen molar-refractivity contribution in [1.29, 1.82) is 0 Å². The zero-order valence-electron chi connectivity index (χ0n) is 15.6. The zero-order chi connectivity index (χ0) is 19.8. The van der Waals surface area contributed by atoms with Gasteiger partial charge in [0.05, 0.1) is 24.7 Å².